The van der Waals surface area contributed by atoms with Gasteiger partial charge in [-0.05, 0) is 6.07 Å². The van der Waals surface area contributed by atoms with Gasteiger partial charge in [-0.3, -0.25) is 4.79 Å². The van der Waals surface area contributed by atoms with Crippen LogP contribution in [-0.2, 0) is 20.9 Å². The summed E-state index contributed by atoms with van der Waals surface area (Å²) < 4.78 is 15.4. The molecule has 7 nitrogen and oxygen atoms in total. The molecule has 0 saturated carbocycles. The van der Waals surface area contributed by atoms with E-state index in [1.807, 2.05) is 30.3 Å². The monoisotopic (exact) mass is 341 g/mol. The van der Waals surface area contributed by atoms with Crippen molar-refractivity contribution in [3.05, 3.63) is 47.8 Å². The van der Waals surface area contributed by atoms with Crippen LogP contribution < -0.4 is 0 Å². The number of fused-ring (bicyclic) bond motifs is 1. The molecule has 0 fully saturated rings. The Bertz CT molecular complexity index is 945. The second-order valence-corrected chi connectivity index (χ2v) is 5.25. The summed E-state index contributed by atoms with van der Waals surface area (Å²) in [4.78, 5) is 27.0. The highest BCUT2D eigenvalue weighted by molar-refractivity contribution is 5.99. The van der Waals surface area contributed by atoms with Gasteiger partial charge < -0.3 is 19.0 Å². The summed E-state index contributed by atoms with van der Waals surface area (Å²) in [5.74, 6) is -1.17. The van der Waals surface area contributed by atoms with Gasteiger partial charge >= 0.3 is 11.9 Å². The summed E-state index contributed by atoms with van der Waals surface area (Å²) in [6.07, 6.45) is 0. The second-order valence-electron chi connectivity index (χ2n) is 5.25. The Morgan fingerprint density at radius 1 is 1.24 bits per heavy atom. The van der Waals surface area contributed by atoms with Crippen LogP contribution in [0.1, 0.15) is 23.1 Å². The van der Waals surface area contributed by atoms with Crippen LogP contribution in [0.25, 0.3) is 22.3 Å². The number of benzene rings is 1. The standard InChI is InChI=1S/C18H15NO6/c1-10(20)24-9-13-17-12(16(21)15(19-13)18(22)23-2)8-14(25-17)11-6-4-3-5-7-11/h3-8,21H,9H2,1-2H3. The van der Waals surface area contributed by atoms with E-state index >= 15 is 0 Å². The summed E-state index contributed by atoms with van der Waals surface area (Å²) in [5.41, 5.74) is 0.976. The summed E-state index contributed by atoms with van der Waals surface area (Å²) in [6.45, 7) is 1.06. The first kappa shape index (κ1) is 16.5. The van der Waals surface area contributed by atoms with E-state index in [0.717, 1.165) is 5.56 Å². The minimum atomic E-state index is -0.800. The fraction of sp³-hybridized carbons (Fsp3) is 0.167. The molecule has 0 atom stereocenters. The second kappa shape index (κ2) is 6.64. The van der Waals surface area contributed by atoms with Crippen LogP contribution >= 0.6 is 0 Å². The zero-order valence-electron chi connectivity index (χ0n) is 13.6. The molecule has 0 unspecified atom stereocenters. The number of rotatable bonds is 4. The highest BCUT2D eigenvalue weighted by Crippen LogP contribution is 2.36. The molecule has 0 spiro atoms. The summed E-state index contributed by atoms with van der Waals surface area (Å²) in [7, 11) is 1.18. The van der Waals surface area contributed by atoms with Gasteiger partial charge in [-0.1, -0.05) is 30.3 Å². The molecule has 3 aromatic rings. The normalized spacial score (nSPS) is 10.6. The summed E-state index contributed by atoms with van der Waals surface area (Å²) in [6, 6.07) is 10.9. The summed E-state index contributed by atoms with van der Waals surface area (Å²) in [5, 5.41) is 10.7. The van der Waals surface area contributed by atoms with Crippen LogP contribution in [0.2, 0.25) is 0 Å². The highest BCUT2D eigenvalue weighted by atomic mass is 16.5. The number of aromatic nitrogens is 1. The van der Waals surface area contributed by atoms with Gasteiger partial charge in [0.2, 0.25) is 0 Å². The van der Waals surface area contributed by atoms with E-state index in [0.29, 0.717) is 5.76 Å². The third kappa shape index (κ3) is 3.16. The first-order valence-corrected chi connectivity index (χ1v) is 7.43. The van der Waals surface area contributed by atoms with Gasteiger partial charge in [0.15, 0.2) is 17.0 Å². The lowest BCUT2D eigenvalue weighted by Crippen LogP contribution is -2.09. The zero-order chi connectivity index (χ0) is 18.0. The van der Waals surface area contributed by atoms with Crippen molar-refractivity contribution >= 4 is 22.9 Å². The largest absolute Gasteiger partial charge is 0.505 e. The van der Waals surface area contributed by atoms with Crippen molar-refractivity contribution in [2.24, 2.45) is 0 Å². The molecular formula is C18H15NO6. The van der Waals surface area contributed by atoms with Crippen LogP contribution in [0.15, 0.2) is 40.8 Å². The number of ether oxygens (including phenoxy) is 2. The highest BCUT2D eigenvalue weighted by Gasteiger charge is 2.23. The van der Waals surface area contributed by atoms with Gasteiger partial charge in [0.1, 0.15) is 18.1 Å². The Kier molecular flexibility index (Phi) is 4.38. The van der Waals surface area contributed by atoms with Gasteiger partial charge in [-0.25, -0.2) is 9.78 Å². The number of hydrogen-bond acceptors (Lipinski definition) is 7. The van der Waals surface area contributed by atoms with Crippen molar-refractivity contribution in [3.8, 4) is 17.1 Å². The predicted octanol–water partition coefficient (Wildman–Crippen LogP) is 3.05. The van der Waals surface area contributed by atoms with Crippen LogP contribution in [-0.4, -0.2) is 29.1 Å². The minimum absolute atomic E-state index is 0.197. The van der Waals surface area contributed by atoms with Crippen molar-refractivity contribution in [2.75, 3.05) is 7.11 Å². The molecule has 2 aromatic heterocycles. The van der Waals surface area contributed by atoms with Crippen molar-refractivity contribution in [1.82, 2.24) is 4.98 Å². The Hall–Kier alpha value is -3.35. The number of methoxy groups -OCH3 is 1. The molecule has 25 heavy (non-hydrogen) atoms. The Morgan fingerprint density at radius 3 is 2.60 bits per heavy atom. The van der Waals surface area contributed by atoms with Crippen molar-refractivity contribution in [3.63, 3.8) is 0 Å². The molecule has 0 aliphatic rings. The van der Waals surface area contributed by atoms with E-state index in [9.17, 15) is 14.7 Å². The predicted molar refractivity (Wildman–Crippen MR) is 87.9 cm³/mol. The van der Waals surface area contributed by atoms with Gasteiger partial charge in [-0.15, -0.1) is 0 Å². The number of aromatic hydroxyl groups is 1. The fourth-order valence-corrected chi connectivity index (χ4v) is 2.40. The molecule has 0 aliphatic heterocycles. The SMILES string of the molecule is COC(=O)c1nc(COC(C)=O)c2oc(-c3ccccc3)cc2c1O. The number of nitrogens with zero attached hydrogens (tertiary/aromatic N) is 1. The molecule has 128 valence electrons. The Labute approximate surface area is 142 Å². The number of hydrogen-bond donors (Lipinski definition) is 1. The number of carbonyl (C=O) groups excluding carboxylic acids is 2. The van der Waals surface area contributed by atoms with Crippen molar-refractivity contribution in [1.29, 1.82) is 0 Å². The molecule has 0 amide bonds. The van der Waals surface area contributed by atoms with E-state index in [-0.39, 0.29) is 34.7 Å². The van der Waals surface area contributed by atoms with Gasteiger partial charge in [0.25, 0.3) is 0 Å². The van der Waals surface area contributed by atoms with Crippen LogP contribution in [0.3, 0.4) is 0 Å². The molecule has 3 rings (SSSR count). The molecule has 1 N–H and O–H groups in total. The van der Waals surface area contributed by atoms with Gasteiger partial charge in [0.05, 0.1) is 12.5 Å². The summed E-state index contributed by atoms with van der Waals surface area (Å²) >= 11 is 0. The van der Waals surface area contributed by atoms with E-state index in [2.05, 4.69) is 9.72 Å². The number of pyridine rings is 1. The first-order valence-electron chi connectivity index (χ1n) is 7.43. The molecular weight excluding hydrogens is 326 g/mol. The Morgan fingerprint density at radius 2 is 1.96 bits per heavy atom. The lowest BCUT2D eigenvalue weighted by molar-refractivity contribution is -0.142. The fourth-order valence-electron chi connectivity index (χ4n) is 2.40. The number of carbonyl (C=O) groups is 2. The quantitative estimate of drug-likeness (QED) is 0.728. The molecule has 0 aliphatic carbocycles. The molecule has 1 aromatic carbocycles. The van der Waals surface area contributed by atoms with Crippen molar-refractivity contribution < 1.29 is 28.6 Å². The Balaban J connectivity index is 2.20. The van der Waals surface area contributed by atoms with Gasteiger partial charge in [0, 0.05) is 12.5 Å². The lowest BCUT2D eigenvalue weighted by atomic mass is 10.1. The molecule has 2 heterocycles. The molecule has 0 bridgehead atoms. The van der Waals surface area contributed by atoms with Crippen LogP contribution in [0.4, 0.5) is 0 Å². The van der Waals surface area contributed by atoms with E-state index in [4.69, 9.17) is 9.15 Å². The zero-order valence-corrected chi connectivity index (χ0v) is 13.6. The van der Waals surface area contributed by atoms with E-state index in [1.54, 1.807) is 6.07 Å². The average Bonchev–Trinajstić information content (AvgIpc) is 3.07. The minimum Gasteiger partial charge on any atom is -0.505 e. The van der Waals surface area contributed by atoms with Crippen molar-refractivity contribution in [2.45, 2.75) is 13.5 Å². The van der Waals surface area contributed by atoms with Crippen LogP contribution in [0.5, 0.6) is 5.75 Å². The number of esters is 2. The third-order valence-electron chi connectivity index (χ3n) is 3.57. The maximum Gasteiger partial charge on any atom is 0.360 e. The topological polar surface area (TPSA) is 98.9 Å². The van der Waals surface area contributed by atoms with Crippen LogP contribution in [0, 0.1) is 0 Å². The maximum absolute atomic E-state index is 11.9. The lowest BCUT2D eigenvalue weighted by Gasteiger charge is -2.07. The number of furan rings is 1. The average molecular weight is 341 g/mol. The molecule has 0 saturated heterocycles. The first-order chi connectivity index (χ1) is 12.0. The molecule has 0 radical (unpaired) electrons. The van der Waals surface area contributed by atoms with E-state index < -0.39 is 11.9 Å². The van der Waals surface area contributed by atoms with E-state index in [1.165, 1.54) is 14.0 Å². The maximum atomic E-state index is 11.9. The third-order valence-corrected chi connectivity index (χ3v) is 3.57. The molecule has 7 heteroatoms. The smallest absolute Gasteiger partial charge is 0.360 e. The van der Waals surface area contributed by atoms with Gasteiger partial charge in [-0.2, -0.15) is 0 Å².